The summed E-state index contributed by atoms with van der Waals surface area (Å²) >= 11 is 0. The summed E-state index contributed by atoms with van der Waals surface area (Å²) in [5, 5.41) is 9.87. The Morgan fingerprint density at radius 2 is 1.44 bits per heavy atom. The Hall–Kier alpha value is -3.40. The highest BCUT2D eigenvalue weighted by molar-refractivity contribution is 7.85. The monoisotopic (exact) mass is 584 g/mol. The number of benzene rings is 3. The number of phenols is 1. The van der Waals surface area contributed by atoms with E-state index in [0.29, 0.717) is 19.4 Å². The molecule has 222 valence electrons. The molecular formula is C32H40O8S. The van der Waals surface area contributed by atoms with Gasteiger partial charge >= 0.3 is 5.97 Å². The third-order valence-electron chi connectivity index (χ3n) is 7.46. The third-order valence-corrected chi connectivity index (χ3v) is 8.33. The van der Waals surface area contributed by atoms with Crippen LogP contribution in [0.3, 0.4) is 0 Å². The number of carbonyl (C=O) groups excluding carboxylic acids is 1. The minimum Gasteiger partial charge on any atom is -0.508 e. The fourth-order valence-corrected chi connectivity index (χ4v) is 5.29. The van der Waals surface area contributed by atoms with Crippen molar-refractivity contribution >= 4 is 16.1 Å². The van der Waals surface area contributed by atoms with Crippen molar-refractivity contribution in [3.63, 3.8) is 0 Å². The molecule has 3 aromatic rings. The van der Waals surface area contributed by atoms with Crippen LogP contribution in [0.4, 0.5) is 0 Å². The lowest BCUT2D eigenvalue weighted by molar-refractivity contribution is -0.146. The van der Waals surface area contributed by atoms with Gasteiger partial charge in [-0.1, -0.05) is 38.1 Å². The summed E-state index contributed by atoms with van der Waals surface area (Å²) < 4.78 is 48.8. The lowest BCUT2D eigenvalue weighted by Gasteiger charge is -2.32. The molecule has 4 unspecified atom stereocenters. The Balaban J connectivity index is 1.80. The van der Waals surface area contributed by atoms with Gasteiger partial charge in [-0.25, -0.2) is 0 Å². The SMILES string of the molecule is CCOC(C)Oc1ccc(C(C)CC(CC(C)(CC)C(=O)Oc2ccc(S(=O)(=O)O)cc2)c2ccc(O)cc2)cc1. The fourth-order valence-electron chi connectivity index (χ4n) is 4.81. The molecule has 0 amide bonds. The Morgan fingerprint density at radius 3 is 1.98 bits per heavy atom. The second-order valence-electron chi connectivity index (χ2n) is 10.6. The Bertz CT molecular complexity index is 1370. The van der Waals surface area contributed by atoms with Crippen LogP contribution < -0.4 is 9.47 Å². The van der Waals surface area contributed by atoms with E-state index in [2.05, 4.69) is 6.92 Å². The van der Waals surface area contributed by atoms with Crippen LogP contribution in [0.25, 0.3) is 0 Å². The zero-order chi connectivity index (χ0) is 30.2. The first-order valence-corrected chi connectivity index (χ1v) is 15.3. The van der Waals surface area contributed by atoms with Gasteiger partial charge < -0.3 is 19.3 Å². The van der Waals surface area contributed by atoms with Crippen molar-refractivity contribution in [2.24, 2.45) is 5.41 Å². The molecule has 3 rings (SSSR count). The highest BCUT2D eigenvalue weighted by Gasteiger charge is 2.37. The van der Waals surface area contributed by atoms with Crippen molar-refractivity contribution in [1.82, 2.24) is 0 Å². The van der Waals surface area contributed by atoms with Crippen LogP contribution in [-0.4, -0.2) is 36.9 Å². The average molecular weight is 585 g/mol. The van der Waals surface area contributed by atoms with Crippen LogP contribution >= 0.6 is 0 Å². The van der Waals surface area contributed by atoms with Crippen LogP contribution in [-0.2, 0) is 19.6 Å². The first-order chi connectivity index (χ1) is 19.3. The maximum atomic E-state index is 13.4. The number of hydrogen-bond donors (Lipinski definition) is 2. The Labute approximate surface area is 243 Å². The van der Waals surface area contributed by atoms with Crippen LogP contribution in [0.15, 0.2) is 77.7 Å². The predicted molar refractivity (Wildman–Crippen MR) is 157 cm³/mol. The minimum absolute atomic E-state index is 0.0288. The molecule has 0 aromatic heterocycles. The summed E-state index contributed by atoms with van der Waals surface area (Å²) in [5.74, 6) is 0.779. The number of hydrogen-bond acceptors (Lipinski definition) is 7. The highest BCUT2D eigenvalue weighted by atomic mass is 32.2. The minimum atomic E-state index is -4.35. The third kappa shape index (κ3) is 9.05. The lowest BCUT2D eigenvalue weighted by Crippen LogP contribution is -2.33. The number of ether oxygens (including phenoxy) is 3. The zero-order valence-corrected chi connectivity index (χ0v) is 25.1. The standard InChI is InChI=1S/C32H40O8S/c1-6-32(5,31(34)40-29-16-18-30(19-17-29)41(35,36)37)21-26(25-8-12-27(33)13-9-25)20-22(3)24-10-14-28(15-11-24)39-23(4)38-7-2/h8-19,22-23,26,33H,6-7,20-21H2,1-5H3,(H,35,36,37). The molecule has 0 fully saturated rings. The zero-order valence-electron chi connectivity index (χ0n) is 24.2. The van der Waals surface area contributed by atoms with E-state index in [1.165, 1.54) is 24.3 Å². The van der Waals surface area contributed by atoms with Crippen molar-refractivity contribution in [2.45, 2.75) is 76.9 Å². The molecular weight excluding hydrogens is 544 g/mol. The Morgan fingerprint density at radius 1 is 0.878 bits per heavy atom. The van der Waals surface area contributed by atoms with E-state index in [0.717, 1.165) is 23.3 Å². The van der Waals surface area contributed by atoms with E-state index in [1.807, 2.05) is 64.1 Å². The highest BCUT2D eigenvalue weighted by Crippen LogP contribution is 2.41. The molecule has 0 aliphatic rings. The van der Waals surface area contributed by atoms with Crippen molar-refractivity contribution < 1.29 is 37.1 Å². The Kier molecular flexibility index (Phi) is 11.0. The van der Waals surface area contributed by atoms with Crippen molar-refractivity contribution in [1.29, 1.82) is 0 Å². The second kappa shape index (κ2) is 14.0. The molecule has 0 radical (unpaired) electrons. The topological polar surface area (TPSA) is 119 Å². The van der Waals surface area contributed by atoms with Crippen LogP contribution in [0.1, 0.15) is 76.8 Å². The lowest BCUT2D eigenvalue weighted by atomic mass is 9.73. The van der Waals surface area contributed by atoms with Gasteiger partial charge in [-0.2, -0.15) is 8.42 Å². The van der Waals surface area contributed by atoms with Gasteiger partial charge in [0.05, 0.1) is 10.3 Å². The van der Waals surface area contributed by atoms with Gasteiger partial charge in [0.1, 0.15) is 17.2 Å². The van der Waals surface area contributed by atoms with Crippen LogP contribution in [0.2, 0.25) is 0 Å². The van der Waals surface area contributed by atoms with Gasteiger partial charge in [-0.15, -0.1) is 0 Å². The van der Waals surface area contributed by atoms with E-state index in [4.69, 9.17) is 14.2 Å². The smallest absolute Gasteiger partial charge is 0.317 e. The first-order valence-electron chi connectivity index (χ1n) is 13.8. The van der Waals surface area contributed by atoms with Crippen molar-refractivity contribution in [3.05, 3.63) is 83.9 Å². The number of rotatable bonds is 14. The average Bonchev–Trinajstić information content (AvgIpc) is 2.93. The molecule has 2 N–H and O–H groups in total. The van der Waals surface area contributed by atoms with E-state index in [-0.39, 0.29) is 34.5 Å². The van der Waals surface area contributed by atoms with E-state index in [9.17, 15) is 22.9 Å². The molecule has 0 aliphatic carbocycles. The maximum absolute atomic E-state index is 13.4. The molecule has 0 aliphatic heterocycles. The molecule has 0 bridgehead atoms. The molecule has 0 heterocycles. The van der Waals surface area contributed by atoms with Gasteiger partial charge in [0.15, 0.2) is 6.29 Å². The number of carbonyl (C=O) groups is 1. The molecule has 4 atom stereocenters. The van der Waals surface area contributed by atoms with Crippen molar-refractivity contribution in [2.75, 3.05) is 6.61 Å². The summed E-state index contributed by atoms with van der Waals surface area (Å²) in [6, 6.07) is 20.1. The summed E-state index contributed by atoms with van der Waals surface area (Å²) in [6.45, 7) is 10.3. The van der Waals surface area contributed by atoms with Gasteiger partial charge in [0.25, 0.3) is 10.1 Å². The number of phenolic OH excluding ortho intramolecular Hbond substituents is 1. The summed E-state index contributed by atoms with van der Waals surface area (Å²) in [4.78, 5) is 13.2. The molecule has 0 saturated heterocycles. The number of esters is 1. The molecule has 9 heteroatoms. The van der Waals surface area contributed by atoms with Crippen molar-refractivity contribution in [3.8, 4) is 17.2 Å². The molecule has 3 aromatic carbocycles. The summed E-state index contributed by atoms with van der Waals surface area (Å²) in [5.41, 5.74) is 1.28. The summed E-state index contributed by atoms with van der Waals surface area (Å²) in [7, 11) is -4.35. The van der Waals surface area contributed by atoms with Crippen LogP contribution in [0.5, 0.6) is 17.2 Å². The maximum Gasteiger partial charge on any atom is 0.317 e. The van der Waals surface area contributed by atoms with E-state index >= 15 is 0 Å². The molecule has 8 nitrogen and oxygen atoms in total. The number of aromatic hydroxyl groups is 1. The van der Waals surface area contributed by atoms with Crippen LogP contribution in [0, 0.1) is 5.41 Å². The largest absolute Gasteiger partial charge is 0.508 e. The first kappa shape index (κ1) is 32.1. The van der Waals surface area contributed by atoms with Gasteiger partial charge in [0, 0.05) is 6.61 Å². The quantitative estimate of drug-likeness (QED) is 0.0892. The predicted octanol–water partition coefficient (Wildman–Crippen LogP) is 7.09. The molecule has 0 spiro atoms. The summed E-state index contributed by atoms with van der Waals surface area (Å²) in [6.07, 6.45) is 1.41. The van der Waals surface area contributed by atoms with Gasteiger partial charge in [0.2, 0.25) is 0 Å². The normalized spacial score (nSPS) is 15.4. The molecule has 0 saturated carbocycles. The molecule has 41 heavy (non-hydrogen) atoms. The van der Waals surface area contributed by atoms with Gasteiger partial charge in [-0.3, -0.25) is 9.35 Å². The van der Waals surface area contributed by atoms with Gasteiger partial charge in [-0.05, 0) is 112 Å². The van der Waals surface area contributed by atoms with E-state index in [1.54, 1.807) is 12.1 Å². The fraction of sp³-hybridized carbons (Fsp3) is 0.406. The second-order valence-corrected chi connectivity index (χ2v) is 12.0. The van der Waals surface area contributed by atoms with E-state index < -0.39 is 21.5 Å².